The van der Waals surface area contributed by atoms with Gasteiger partial charge in [-0.15, -0.1) is 11.3 Å². The Morgan fingerprint density at radius 1 is 1.65 bits per heavy atom. The van der Waals surface area contributed by atoms with Crippen molar-refractivity contribution in [3.8, 4) is 0 Å². The molecule has 2 aromatic rings. The fourth-order valence-electron chi connectivity index (χ4n) is 1.32. The molecule has 2 heterocycles. The number of H-pyrrole nitrogens is 1. The van der Waals surface area contributed by atoms with Crippen LogP contribution in [0.2, 0.25) is 0 Å². The number of anilines is 1. The van der Waals surface area contributed by atoms with E-state index in [1.807, 2.05) is 17.5 Å². The summed E-state index contributed by atoms with van der Waals surface area (Å²) < 4.78 is 0. The highest BCUT2D eigenvalue weighted by Crippen LogP contribution is 2.13. The number of amides is 1. The summed E-state index contributed by atoms with van der Waals surface area (Å²) in [6.07, 6.45) is 1.82. The topological polar surface area (TPSA) is 83.8 Å². The molecular formula is C10H10N4OS2. The summed E-state index contributed by atoms with van der Waals surface area (Å²) in [5.41, 5.74) is 6.03. The summed E-state index contributed by atoms with van der Waals surface area (Å²) in [5, 5.41) is 11.1. The Morgan fingerprint density at radius 3 is 3.12 bits per heavy atom. The lowest BCUT2D eigenvalue weighted by Gasteiger charge is -2.03. The van der Waals surface area contributed by atoms with Crippen LogP contribution in [0.5, 0.6) is 0 Å². The number of thiophene rings is 1. The minimum Gasteiger partial charge on any atom is -0.389 e. The molecule has 0 aliphatic carbocycles. The quantitative estimate of drug-likeness (QED) is 0.728. The van der Waals surface area contributed by atoms with E-state index in [1.165, 1.54) is 17.5 Å². The number of nitrogens with zero attached hydrogens (tertiary/aromatic N) is 1. The number of aromatic amines is 1. The van der Waals surface area contributed by atoms with E-state index in [2.05, 4.69) is 15.5 Å². The lowest BCUT2D eigenvalue weighted by molar-refractivity contribution is -0.115. The Labute approximate surface area is 107 Å². The molecule has 1 amide bonds. The van der Waals surface area contributed by atoms with Gasteiger partial charge in [-0.3, -0.25) is 9.89 Å². The molecule has 0 saturated heterocycles. The van der Waals surface area contributed by atoms with Crippen LogP contribution >= 0.6 is 23.6 Å². The second kappa shape index (κ2) is 5.07. The number of carbonyl (C=O) groups is 1. The van der Waals surface area contributed by atoms with Gasteiger partial charge in [-0.05, 0) is 11.4 Å². The molecule has 0 bridgehead atoms. The van der Waals surface area contributed by atoms with Crippen LogP contribution < -0.4 is 11.1 Å². The van der Waals surface area contributed by atoms with Gasteiger partial charge < -0.3 is 11.1 Å². The molecule has 0 atom stereocenters. The van der Waals surface area contributed by atoms with Crippen LogP contribution in [0.4, 0.5) is 5.82 Å². The van der Waals surface area contributed by atoms with E-state index >= 15 is 0 Å². The van der Waals surface area contributed by atoms with Crippen molar-refractivity contribution in [2.45, 2.75) is 6.42 Å². The molecule has 0 aliphatic heterocycles. The maximum Gasteiger partial charge on any atom is 0.230 e. The molecule has 0 aliphatic rings. The molecule has 5 nitrogen and oxygen atoms in total. The van der Waals surface area contributed by atoms with E-state index in [0.717, 1.165) is 4.88 Å². The van der Waals surface area contributed by atoms with Gasteiger partial charge in [0.15, 0.2) is 0 Å². The van der Waals surface area contributed by atoms with E-state index < -0.39 is 0 Å². The highest BCUT2D eigenvalue weighted by molar-refractivity contribution is 7.80. The van der Waals surface area contributed by atoms with Crippen LogP contribution in [-0.4, -0.2) is 21.1 Å². The first-order valence-corrected chi connectivity index (χ1v) is 6.11. The second-order valence-corrected chi connectivity index (χ2v) is 4.80. The average Bonchev–Trinajstić information content (AvgIpc) is 2.88. The third-order valence-electron chi connectivity index (χ3n) is 2.08. The molecule has 0 fully saturated rings. The molecule has 88 valence electrons. The average molecular weight is 266 g/mol. The Morgan fingerprint density at radius 2 is 2.47 bits per heavy atom. The molecular weight excluding hydrogens is 256 g/mol. The normalized spacial score (nSPS) is 10.1. The SMILES string of the molecule is NC(=S)c1cn[nH]c1NC(=O)Cc1cccs1. The molecule has 0 spiro atoms. The van der Waals surface area contributed by atoms with Gasteiger partial charge in [0.25, 0.3) is 0 Å². The monoisotopic (exact) mass is 266 g/mol. The van der Waals surface area contributed by atoms with Crippen LogP contribution in [0.15, 0.2) is 23.7 Å². The third-order valence-corrected chi connectivity index (χ3v) is 3.18. The number of hydrogen-bond donors (Lipinski definition) is 3. The third kappa shape index (κ3) is 2.89. The predicted molar refractivity (Wildman–Crippen MR) is 71.1 cm³/mol. The lowest BCUT2D eigenvalue weighted by Crippen LogP contribution is -2.18. The zero-order chi connectivity index (χ0) is 12.3. The molecule has 0 unspecified atom stereocenters. The van der Waals surface area contributed by atoms with Gasteiger partial charge in [-0.25, -0.2) is 0 Å². The molecule has 7 heteroatoms. The molecule has 2 rings (SSSR count). The van der Waals surface area contributed by atoms with Gasteiger partial charge in [0, 0.05) is 4.88 Å². The summed E-state index contributed by atoms with van der Waals surface area (Å²) in [6, 6.07) is 3.82. The number of hydrogen-bond acceptors (Lipinski definition) is 4. The maximum atomic E-state index is 11.7. The Bertz CT molecular complexity index is 532. The Hall–Kier alpha value is -1.73. The van der Waals surface area contributed by atoms with Crippen molar-refractivity contribution in [2.75, 3.05) is 5.32 Å². The number of nitrogens with two attached hydrogens (primary N) is 1. The smallest absolute Gasteiger partial charge is 0.230 e. The van der Waals surface area contributed by atoms with E-state index in [-0.39, 0.29) is 10.9 Å². The number of nitrogens with one attached hydrogen (secondary N) is 2. The van der Waals surface area contributed by atoms with Crippen LogP contribution in [0, 0.1) is 0 Å². The van der Waals surface area contributed by atoms with Gasteiger partial charge in [-0.2, -0.15) is 5.10 Å². The number of thiocarbonyl (C=S) groups is 1. The van der Waals surface area contributed by atoms with Crippen molar-refractivity contribution in [1.29, 1.82) is 0 Å². The molecule has 0 saturated carbocycles. The van der Waals surface area contributed by atoms with Crippen molar-refractivity contribution in [1.82, 2.24) is 10.2 Å². The van der Waals surface area contributed by atoms with Crippen molar-refractivity contribution in [3.05, 3.63) is 34.2 Å². The largest absolute Gasteiger partial charge is 0.389 e. The van der Waals surface area contributed by atoms with Gasteiger partial charge >= 0.3 is 0 Å². The second-order valence-electron chi connectivity index (χ2n) is 3.33. The summed E-state index contributed by atoms with van der Waals surface area (Å²) in [5.74, 6) is 0.313. The fraction of sp³-hybridized carbons (Fsp3) is 0.100. The summed E-state index contributed by atoms with van der Waals surface area (Å²) in [4.78, 5) is 12.9. The predicted octanol–water partition coefficient (Wildman–Crippen LogP) is 1.29. The first kappa shape index (κ1) is 11.7. The number of carbonyl (C=O) groups excluding carboxylic acids is 1. The van der Waals surface area contributed by atoms with Crippen molar-refractivity contribution < 1.29 is 4.79 Å². The van der Waals surface area contributed by atoms with Crippen LogP contribution in [-0.2, 0) is 11.2 Å². The molecule has 17 heavy (non-hydrogen) atoms. The molecule has 0 aromatic carbocycles. The summed E-state index contributed by atoms with van der Waals surface area (Å²) >= 11 is 6.38. The van der Waals surface area contributed by atoms with E-state index in [0.29, 0.717) is 17.8 Å². The minimum absolute atomic E-state index is 0.130. The fourth-order valence-corrected chi connectivity index (χ4v) is 2.18. The first-order chi connectivity index (χ1) is 8.16. The standard InChI is InChI=1S/C10H10N4OS2/c11-9(16)7-5-12-14-10(7)13-8(15)4-6-2-1-3-17-6/h1-3,5H,4H2,(H2,11,16)(H2,12,13,14,15). The Kier molecular flexibility index (Phi) is 3.50. The lowest BCUT2D eigenvalue weighted by atomic mass is 10.3. The van der Waals surface area contributed by atoms with Crippen molar-refractivity contribution >= 4 is 40.3 Å². The van der Waals surface area contributed by atoms with E-state index in [9.17, 15) is 4.79 Å². The van der Waals surface area contributed by atoms with Crippen LogP contribution in [0.25, 0.3) is 0 Å². The maximum absolute atomic E-state index is 11.7. The summed E-state index contributed by atoms with van der Waals surface area (Å²) in [6.45, 7) is 0. The van der Waals surface area contributed by atoms with Gasteiger partial charge in [0.1, 0.15) is 10.8 Å². The number of rotatable bonds is 4. The van der Waals surface area contributed by atoms with Gasteiger partial charge in [0.05, 0.1) is 18.2 Å². The van der Waals surface area contributed by atoms with E-state index in [1.54, 1.807) is 0 Å². The minimum atomic E-state index is -0.130. The zero-order valence-electron chi connectivity index (χ0n) is 8.77. The molecule has 2 aromatic heterocycles. The first-order valence-electron chi connectivity index (χ1n) is 4.82. The van der Waals surface area contributed by atoms with Crippen molar-refractivity contribution in [3.63, 3.8) is 0 Å². The van der Waals surface area contributed by atoms with Gasteiger partial charge in [-0.1, -0.05) is 18.3 Å². The van der Waals surface area contributed by atoms with Crippen LogP contribution in [0.3, 0.4) is 0 Å². The summed E-state index contributed by atoms with van der Waals surface area (Å²) in [7, 11) is 0. The highest BCUT2D eigenvalue weighted by atomic mass is 32.1. The number of aromatic nitrogens is 2. The van der Waals surface area contributed by atoms with Gasteiger partial charge in [0.2, 0.25) is 5.91 Å². The zero-order valence-corrected chi connectivity index (χ0v) is 10.4. The van der Waals surface area contributed by atoms with E-state index in [4.69, 9.17) is 18.0 Å². The highest BCUT2D eigenvalue weighted by Gasteiger charge is 2.11. The van der Waals surface area contributed by atoms with Crippen molar-refractivity contribution in [2.24, 2.45) is 5.73 Å². The van der Waals surface area contributed by atoms with Crippen LogP contribution in [0.1, 0.15) is 10.4 Å². The Balaban J connectivity index is 2.03. The molecule has 0 radical (unpaired) electrons. The molecule has 4 N–H and O–H groups in total.